The summed E-state index contributed by atoms with van der Waals surface area (Å²) in [5.74, 6) is 0.237. The molecule has 20 heavy (non-hydrogen) atoms. The predicted octanol–water partition coefficient (Wildman–Crippen LogP) is 2.95. The summed E-state index contributed by atoms with van der Waals surface area (Å²) in [6.07, 6.45) is 0. The number of hydroxylamine groups is 1. The highest BCUT2D eigenvalue weighted by molar-refractivity contribution is 5.96. The van der Waals surface area contributed by atoms with Gasteiger partial charge in [0.1, 0.15) is 5.75 Å². The van der Waals surface area contributed by atoms with Gasteiger partial charge in [-0.05, 0) is 24.6 Å². The lowest BCUT2D eigenvalue weighted by Gasteiger charge is -2.10. The zero-order valence-corrected chi connectivity index (χ0v) is 11.3. The van der Waals surface area contributed by atoms with Crippen molar-refractivity contribution in [3.05, 3.63) is 65.7 Å². The SMILES string of the molecule is CCOc1ccccc1C(=O)NOCc1ccccc1. The lowest BCUT2D eigenvalue weighted by molar-refractivity contribution is 0.0231. The summed E-state index contributed by atoms with van der Waals surface area (Å²) in [5, 5.41) is 0. The molecule has 4 nitrogen and oxygen atoms in total. The van der Waals surface area contributed by atoms with Gasteiger partial charge >= 0.3 is 0 Å². The van der Waals surface area contributed by atoms with E-state index in [-0.39, 0.29) is 5.91 Å². The summed E-state index contributed by atoms with van der Waals surface area (Å²) in [6.45, 7) is 2.71. The van der Waals surface area contributed by atoms with Crippen molar-refractivity contribution in [1.29, 1.82) is 0 Å². The third kappa shape index (κ3) is 3.83. The Balaban J connectivity index is 1.92. The van der Waals surface area contributed by atoms with E-state index in [2.05, 4.69) is 5.48 Å². The molecule has 0 radical (unpaired) electrons. The highest BCUT2D eigenvalue weighted by Crippen LogP contribution is 2.17. The fraction of sp³-hybridized carbons (Fsp3) is 0.188. The zero-order valence-electron chi connectivity index (χ0n) is 11.3. The standard InChI is InChI=1S/C16H17NO3/c1-2-19-15-11-7-6-10-14(15)16(18)17-20-12-13-8-4-3-5-9-13/h3-11H,2,12H2,1H3,(H,17,18). The minimum Gasteiger partial charge on any atom is -0.493 e. The van der Waals surface area contributed by atoms with E-state index < -0.39 is 0 Å². The van der Waals surface area contributed by atoms with Crippen molar-refractivity contribution in [2.24, 2.45) is 0 Å². The van der Waals surface area contributed by atoms with Gasteiger partial charge in [0, 0.05) is 0 Å². The molecule has 0 atom stereocenters. The fourth-order valence-corrected chi connectivity index (χ4v) is 1.75. The van der Waals surface area contributed by atoms with E-state index in [4.69, 9.17) is 9.57 Å². The summed E-state index contributed by atoms with van der Waals surface area (Å²) in [4.78, 5) is 17.2. The first kappa shape index (κ1) is 14.1. The molecule has 2 rings (SSSR count). The van der Waals surface area contributed by atoms with Crippen molar-refractivity contribution in [3.8, 4) is 5.75 Å². The van der Waals surface area contributed by atoms with Crippen LogP contribution < -0.4 is 10.2 Å². The smallest absolute Gasteiger partial charge is 0.278 e. The summed E-state index contributed by atoms with van der Waals surface area (Å²) in [5.41, 5.74) is 3.88. The molecule has 0 heterocycles. The zero-order chi connectivity index (χ0) is 14.2. The number of carbonyl (C=O) groups is 1. The first-order valence-corrected chi connectivity index (χ1v) is 6.49. The second-order valence-electron chi connectivity index (χ2n) is 4.13. The van der Waals surface area contributed by atoms with Gasteiger partial charge in [-0.15, -0.1) is 0 Å². The Kier molecular flexibility index (Phi) is 5.15. The first-order chi connectivity index (χ1) is 9.81. The van der Waals surface area contributed by atoms with Gasteiger partial charge in [-0.2, -0.15) is 0 Å². The number of para-hydroxylation sites is 1. The van der Waals surface area contributed by atoms with Crippen LogP contribution in [0.3, 0.4) is 0 Å². The van der Waals surface area contributed by atoms with E-state index in [9.17, 15) is 4.79 Å². The Morgan fingerprint density at radius 3 is 2.50 bits per heavy atom. The third-order valence-electron chi connectivity index (χ3n) is 2.68. The van der Waals surface area contributed by atoms with Crippen LogP contribution in [0.2, 0.25) is 0 Å². The number of amides is 1. The predicted molar refractivity (Wildman–Crippen MR) is 76.3 cm³/mol. The quantitative estimate of drug-likeness (QED) is 0.822. The molecule has 0 aliphatic heterocycles. The monoisotopic (exact) mass is 271 g/mol. The van der Waals surface area contributed by atoms with Crippen molar-refractivity contribution in [3.63, 3.8) is 0 Å². The van der Waals surface area contributed by atoms with Crippen LogP contribution in [0.25, 0.3) is 0 Å². The molecule has 0 unspecified atom stereocenters. The second kappa shape index (κ2) is 7.31. The van der Waals surface area contributed by atoms with Gasteiger partial charge in [0.15, 0.2) is 0 Å². The van der Waals surface area contributed by atoms with Crippen LogP contribution in [0.1, 0.15) is 22.8 Å². The Labute approximate surface area is 118 Å². The number of carbonyl (C=O) groups excluding carboxylic acids is 1. The molecule has 2 aromatic carbocycles. The van der Waals surface area contributed by atoms with Gasteiger partial charge < -0.3 is 4.74 Å². The van der Waals surface area contributed by atoms with E-state index in [1.807, 2.05) is 43.3 Å². The van der Waals surface area contributed by atoms with Crippen LogP contribution in [0.4, 0.5) is 0 Å². The van der Waals surface area contributed by atoms with Crippen LogP contribution in [-0.2, 0) is 11.4 Å². The molecule has 0 aromatic heterocycles. The number of rotatable bonds is 6. The molecule has 0 bridgehead atoms. The molecule has 0 saturated carbocycles. The van der Waals surface area contributed by atoms with E-state index >= 15 is 0 Å². The van der Waals surface area contributed by atoms with Gasteiger partial charge in [-0.25, -0.2) is 5.48 Å². The molecule has 104 valence electrons. The summed E-state index contributed by atoms with van der Waals surface area (Å²) < 4.78 is 5.41. The molecule has 0 saturated heterocycles. The van der Waals surface area contributed by atoms with Gasteiger partial charge in [0.2, 0.25) is 0 Å². The average Bonchev–Trinajstić information content (AvgIpc) is 2.49. The third-order valence-corrected chi connectivity index (χ3v) is 2.68. The topological polar surface area (TPSA) is 47.6 Å². The molecule has 0 spiro atoms. The Morgan fingerprint density at radius 2 is 1.75 bits per heavy atom. The van der Waals surface area contributed by atoms with Crippen LogP contribution in [0.5, 0.6) is 5.75 Å². The molecule has 0 aliphatic carbocycles. The average molecular weight is 271 g/mol. The van der Waals surface area contributed by atoms with E-state index in [1.165, 1.54) is 0 Å². The highest BCUT2D eigenvalue weighted by atomic mass is 16.6. The van der Waals surface area contributed by atoms with Crippen molar-refractivity contribution in [2.75, 3.05) is 6.61 Å². The molecule has 2 aromatic rings. The number of nitrogens with one attached hydrogen (secondary N) is 1. The number of hydrogen-bond acceptors (Lipinski definition) is 3. The molecular formula is C16H17NO3. The Hall–Kier alpha value is -2.33. The Morgan fingerprint density at radius 1 is 1.05 bits per heavy atom. The maximum atomic E-state index is 12.0. The maximum Gasteiger partial charge on any atom is 0.278 e. The molecule has 4 heteroatoms. The van der Waals surface area contributed by atoms with Gasteiger partial charge in [-0.3, -0.25) is 9.63 Å². The van der Waals surface area contributed by atoms with Gasteiger partial charge in [0.05, 0.1) is 18.8 Å². The molecule has 1 N–H and O–H groups in total. The Bertz CT molecular complexity index is 555. The van der Waals surface area contributed by atoms with Crippen molar-refractivity contribution in [2.45, 2.75) is 13.5 Å². The number of benzene rings is 2. The van der Waals surface area contributed by atoms with Crippen LogP contribution in [-0.4, -0.2) is 12.5 Å². The van der Waals surface area contributed by atoms with Gasteiger partial charge in [-0.1, -0.05) is 42.5 Å². The summed E-state index contributed by atoms with van der Waals surface area (Å²) in [6, 6.07) is 16.7. The van der Waals surface area contributed by atoms with Crippen molar-refractivity contribution in [1.82, 2.24) is 5.48 Å². The highest BCUT2D eigenvalue weighted by Gasteiger charge is 2.11. The minimum atomic E-state index is -0.315. The largest absolute Gasteiger partial charge is 0.493 e. The van der Waals surface area contributed by atoms with Crippen molar-refractivity contribution < 1.29 is 14.4 Å². The van der Waals surface area contributed by atoms with E-state index in [0.29, 0.717) is 24.5 Å². The molecule has 1 amide bonds. The van der Waals surface area contributed by atoms with E-state index in [1.54, 1.807) is 18.2 Å². The van der Waals surface area contributed by atoms with Crippen LogP contribution in [0, 0.1) is 0 Å². The van der Waals surface area contributed by atoms with Crippen molar-refractivity contribution >= 4 is 5.91 Å². The molecular weight excluding hydrogens is 254 g/mol. The number of ether oxygens (including phenoxy) is 1. The molecule has 0 fully saturated rings. The summed E-state index contributed by atoms with van der Waals surface area (Å²) >= 11 is 0. The maximum absolute atomic E-state index is 12.0. The first-order valence-electron chi connectivity index (χ1n) is 6.49. The van der Waals surface area contributed by atoms with Crippen LogP contribution >= 0.6 is 0 Å². The molecule has 0 aliphatic rings. The normalized spacial score (nSPS) is 10.1. The fourth-order valence-electron chi connectivity index (χ4n) is 1.75. The van der Waals surface area contributed by atoms with Crippen LogP contribution in [0.15, 0.2) is 54.6 Å². The lowest BCUT2D eigenvalue weighted by Crippen LogP contribution is -2.24. The van der Waals surface area contributed by atoms with E-state index in [0.717, 1.165) is 5.56 Å². The van der Waals surface area contributed by atoms with Gasteiger partial charge in [0.25, 0.3) is 5.91 Å². The lowest BCUT2D eigenvalue weighted by atomic mass is 10.2. The number of hydrogen-bond donors (Lipinski definition) is 1. The summed E-state index contributed by atoms with van der Waals surface area (Å²) in [7, 11) is 0. The second-order valence-corrected chi connectivity index (χ2v) is 4.13. The minimum absolute atomic E-state index is 0.315.